The molecular formula is C26H26N2O3. The van der Waals surface area contributed by atoms with E-state index in [2.05, 4.69) is 28.8 Å². The monoisotopic (exact) mass is 414 g/mol. The molecule has 158 valence electrons. The molecule has 3 aromatic rings. The summed E-state index contributed by atoms with van der Waals surface area (Å²) in [5.74, 6) is 0.511. The van der Waals surface area contributed by atoms with Gasteiger partial charge in [-0.2, -0.15) is 5.26 Å². The van der Waals surface area contributed by atoms with Crippen molar-refractivity contribution in [3.8, 4) is 11.8 Å². The lowest BCUT2D eigenvalue weighted by atomic mass is 9.92. The predicted octanol–water partition coefficient (Wildman–Crippen LogP) is 5.71. The fraction of sp³-hybridized carbons (Fsp3) is 0.385. The van der Waals surface area contributed by atoms with Crippen LogP contribution in [-0.4, -0.2) is 15.6 Å². The van der Waals surface area contributed by atoms with E-state index in [1.165, 1.54) is 36.9 Å². The number of aromatic nitrogens is 1. The van der Waals surface area contributed by atoms with Gasteiger partial charge in [0.25, 0.3) is 0 Å². The van der Waals surface area contributed by atoms with E-state index in [0.717, 1.165) is 40.6 Å². The molecule has 1 aliphatic heterocycles. The molecule has 1 unspecified atom stereocenters. The molecule has 2 aromatic carbocycles. The van der Waals surface area contributed by atoms with Gasteiger partial charge in [-0.15, -0.1) is 0 Å². The van der Waals surface area contributed by atoms with Crippen LogP contribution in [0.3, 0.4) is 0 Å². The molecule has 5 rings (SSSR count). The zero-order valence-corrected chi connectivity index (χ0v) is 17.5. The highest BCUT2D eigenvalue weighted by Crippen LogP contribution is 2.37. The zero-order valence-electron chi connectivity index (χ0n) is 17.5. The van der Waals surface area contributed by atoms with Crippen molar-refractivity contribution in [1.82, 2.24) is 4.57 Å². The Morgan fingerprint density at radius 1 is 1.13 bits per heavy atom. The summed E-state index contributed by atoms with van der Waals surface area (Å²) in [7, 11) is 0. The van der Waals surface area contributed by atoms with E-state index < -0.39 is 5.97 Å². The Hall–Kier alpha value is -3.26. The first-order chi connectivity index (χ1) is 15.1. The average molecular weight is 415 g/mol. The van der Waals surface area contributed by atoms with Crippen molar-refractivity contribution in [3.05, 3.63) is 64.8 Å². The number of rotatable bonds is 6. The van der Waals surface area contributed by atoms with E-state index in [4.69, 9.17) is 4.74 Å². The van der Waals surface area contributed by atoms with Crippen LogP contribution in [0, 0.1) is 11.3 Å². The third-order valence-corrected chi connectivity index (χ3v) is 6.84. The SMILES string of the molecule is N#Cc1cc(COc2ccc3cc4n(c3c2)C(CC(=O)O)CC4)ccc1C1CCCC1. The van der Waals surface area contributed by atoms with Gasteiger partial charge in [0.05, 0.1) is 23.6 Å². The minimum atomic E-state index is -0.763. The molecule has 0 bridgehead atoms. The molecular weight excluding hydrogens is 388 g/mol. The van der Waals surface area contributed by atoms with E-state index in [0.29, 0.717) is 12.5 Å². The number of hydrogen-bond donors (Lipinski definition) is 1. The molecule has 5 nitrogen and oxygen atoms in total. The van der Waals surface area contributed by atoms with Crippen LogP contribution in [0.5, 0.6) is 5.75 Å². The van der Waals surface area contributed by atoms with Crippen LogP contribution in [0.1, 0.15) is 72.9 Å². The van der Waals surface area contributed by atoms with Gasteiger partial charge in [-0.3, -0.25) is 4.79 Å². The number of hydrogen-bond acceptors (Lipinski definition) is 3. The molecule has 2 aliphatic rings. The highest BCUT2D eigenvalue weighted by molar-refractivity contribution is 5.83. The first kappa shape index (κ1) is 19.7. The number of aliphatic carboxylic acids is 1. The van der Waals surface area contributed by atoms with Crippen molar-refractivity contribution in [2.24, 2.45) is 0 Å². The molecule has 0 spiro atoms. The molecule has 1 saturated carbocycles. The Labute approximate surface area is 181 Å². The third kappa shape index (κ3) is 3.79. The number of ether oxygens (including phenoxy) is 1. The van der Waals surface area contributed by atoms with Gasteiger partial charge < -0.3 is 14.4 Å². The minimum Gasteiger partial charge on any atom is -0.489 e. The number of carbonyl (C=O) groups is 1. The van der Waals surface area contributed by atoms with Crippen LogP contribution in [0.15, 0.2) is 42.5 Å². The quantitative estimate of drug-likeness (QED) is 0.560. The first-order valence-electron chi connectivity index (χ1n) is 11.1. The fourth-order valence-corrected chi connectivity index (χ4v) is 5.36. The average Bonchev–Trinajstić information content (AvgIpc) is 3.50. The van der Waals surface area contributed by atoms with Gasteiger partial charge in [0.15, 0.2) is 0 Å². The van der Waals surface area contributed by atoms with E-state index in [-0.39, 0.29) is 12.5 Å². The minimum absolute atomic E-state index is 0.00145. The van der Waals surface area contributed by atoms with Crippen molar-refractivity contribution >= 4 is 16.9 Å². The van der Waals surface area contributed by atoms with Crippen LogP contribution in [-0.2, 0) is 17.8 Å². The number of aryl methyl sites for hydroxylation is 1. The zero-order chi connectivity index (χ0) is 21.4. The van der Waals surface area contributed by atoms with Crippen molar-refractivity contribution in [2.75, 3.05) is 0 Å². The smallest absolute Gasteiger partial charge is 0.305 e. The Balaban J connectivity index is 1.35. The topological polar surface area (TPSA) is 75.2 Å². The second kappa shape index (κ2) is 8.11. The maximum atomic E-state index is 11.2. The Morgan fingerprint density at radius 3 is 2.74 bits per heavy atom. The summed E-state index contributed by atoms with van der Waals surface area (Å²) < 4.78 is 8.24. The second-order valence-electron chi connectivity index (χ2n) is 8.82. The molecule has 1 fully saturated rings. The number of carboxylic acid groups (broad SMARTS) is 1. The van der Waals surface area contributed by atoms with E-state index in [1.54, 1.807) is 0 Å². The van der Waals surface area contributed by atoms with Crippen LogP contribution in [0.25, 0.3) is 10.9 Å². The summed E-state index contributed by atoms with van der Waals surface area (Å²) in [5.41, 5.74) is 5.16. The largest absolute Gasteiger partial charge is 0.489 e. The van der Waals surface area contributed by atoms with Crippen molar-refractivity contribution < 1.29 is 14.6 Å². The van der Waals surface area contributed by atoms with Gasteiger partial charge in [0.2, 0.25) is 0 Å². The molecule has 1 aromatic heterocycles. The molecule has 31 heavy (non-hydrogen) atoms. The molecule has 2 heterocycles. The lowest BCUT2D eigenvalue weighted by Gasteiger charge is -2.15. The van der Waals surface area contributed by atoms with E-state index in [1.807, 2.05) is 24.3 Å². The third-order valence-electron chi connectivity index (χ3n) is 6.84. The van der Waals surface area contributed by atoms with Crippen molar-refractivity contribution in [1.29, 1.82) is 5.26 Å². The van der Waals surface area contributed by atoms with Crippen LogP contribution < -0.4 is 4.74 Å². The standard InChI is InChI=1S/C26H26N2O3/c27-15-20-11-17(5-10-24(20)18-3-1-2-4-18)16-31-23-9-6-19-12-21-7-8-22(13-26(29)30)28(21)25(19)14-23/h5-6,9-12,14,18,22H,1-4,7-8,13,16H2,(H,29,30). The summed E-state index contributed by atoms with van der Waals surface area (Å²) in [6, 6.07) is 16.7. The summed E-state index contributed by atoms with van der Waals surface area (Å²) in [4.78, 5) is 11.2. The van der Waals surface area contributed by atoms with Gasteiger partial charge in [0.1, 0.15) is 12.4 Å². The Morgan fingerprint density at radius 2 is 1.97 bits per heavy atom. The second-order valence-corrected chi connectivity index (χ2v) is 8.82. The Bertz CT molecular complexity index is 1180. The van der Waals surface area contributed by atoms with Gasteiger partial charge in [-0.1, -0.05) is 25.0 Å². The normalized spacial score (nSPS) is 18.2. The maximum Gasteiger partial charge on any atom is 0.305 e. The van der Waals surface area contributed by atoms with Crippen molar-refractivity contribution in [3.63, 3.8) is 0 Å². The first-order valence-corrected chi connectivity index (χ1v) is 11.1. The van der Waals surface area contributed by atoms with Crippen LogP contribution >= 0.6 is 0 Å². The number of nitrogens with zero attached hydrogens (tertiary/aromatic N) is 2. The van der Waals surface area contributed by atoms with E-state index in [9.17, 15) is 15.2 Å². The van der Waals surface area contributed by atoms with Crippen LogP contribution in [0.4, 0.5) is 0 Å². The molecule has 1 N–H and O–H groups in total. The van der Waals surface area contributed by atoms with Crippen molar-refractivity contribution in [2.45, 2.75) is 63.5 Å². The number of nitriles is 1. The summed E-state index contributed by atoms with van der Waals surface area (Å²) >= 11 is 0. The van der Waals surface area contributed by atoms with Gasteiger partial charge in [-0.05, 0) is 67.0 Å². The highest BCUT2D eigenvalue weighted by Gasteiger charge is 2.26. The lowest BCUT2D eigenvalue weighted by molar-refractivity contribution is -0.137. The lowest BCUT2D eigenvalue weighted by Crippen LogP contribution is -2.09. The number of carboxylic acids is 1. The summed E-state index contributed by atoms with van der Waals surface area (Å²) in [5, 5.41) is 20.0. The Kier molecular flexibility index (Phi) is 5.15. The molecule has 0 amide bonds. The molecule has 1 aliphatic carbocycles. The molecule has 0 radical (unpaired) electrons. The van der Waals surface area contributed by atoms with Gasteiger partial charge in [0, 0.05) is 23.2 Å². The molecule has 0 saturated heterocycles. The molecule has 5 heteroatoms. The van der Waals surface area contributed by atoms with E-state index >= 15 is 0 Å². The number of benzene rings is 2. The summed E-state index contributed by atoms with van der Waals surface area (Å²) in [6.45, 7) is 0.400. The highest BCUT2D eigenvalue weighted by atomic mass is 16.5. The number of fused-ring (bicyclic) bond motifs is 3. The maximum absolute atomic E-state index is 11.2. The van der Waals surface area contributed by atoms with Crippen LogP contribution in [0.2, 0.25) is 0 Å². The van der Waals surface area contributed by atoms with Gasteiger partial charge >= 0.3 is 5.97 Å². The summed E-state index contributed by atoms with van der Waals surface area (Å²) in [6.07, 6.45) is 6.77. The fourth-order valence-electron chi connectivity index (χ4n) is 5.36. The molecule has 1 atom stereocenters. The predicted molar refractivity (Wildman–Crippen MR) is 118 cm³/mol. The van der Waals surface area contributed by atoms with Gasteiger partial charge in [-0.25, -0.2) is 0 Å².